The van der Waals surface area contributed by atoms with Gasteiger partial charge in [0, 0.05) is 4.47 Å². The van der Waals surface area contributed by atoms with Crippen LogP contribution in [0, 0.1) is 5.41 Å². The fourth-order valence-electron chi connectivity index (χ4n) is 3.94. The number of carbonyl (C=O) groups is 2. The SMILES string of the molecule is CCCC[C@](C)(C(=O)N1C(=O)OC[C@@H]1Cc1ccccc1)[C@@H](O)c1ccc(Br)cc1. The maximum Gasteiger partial charge on any atom is 0.417 e. The average molecular weight is 474 g/mol. The Morgan fingerprint density at radius 3 is 2.53 bits per heavy atom. The molecule has 5 nitrogen and oxygen atoms in total. The van der Waals surface area contributed by atoms with E-state index in [-0.39, 0.29) is 18.6 Å². The minimum atomic E-state index is -1.14. The third-order valence-electron chi connectivity index (χ3n) is 5.82. The topological polar surface area (TPSA) is 66.8 Å². The fourth-order valence-corrected chi connectivity index (χ4v) is 4.20. The van der Waals surface area contributed by atoms with Crippen molar-refractivity contribution in [2.75, 3.05) is 6.61 Å². The number of ether oxygens (including phenoxy) is 1. The highest BCUT2D eigenvalue weighted by molar-refractivity contribution is 9.10. The molecule has 6 heteroatoms. The summed E-state index contributed by atoms with van der Waals surface area (Å²) < 4.78 is 6.15. The van der Waals surface area contributed by atoms with Crippen molar-refractivity contribution in [1.29, 1.82) is 0 Å². The fraction of sp³-hybridized carbons (Fsp3) is 0.417. The molecule has 1 aliphatic rings. The van der Waals surface area contributed by atoms with Crippen LogP contribution in [-0.2, 0) is 16.0 Å². The second-order valence-corrected chi connectivity index (χ2v) is 8.99. The van der Waals surface area contributed by atoms with Gasteiger partial charge in [-0.2, -0.15) is 0 Å². The Bertz CT molecular complexity index is 871. The van der Waals surface area contributed by atoms with Gasteiger partial charge in [-0.25, -0.2) is 9.69 Å². The zero-order chi connectivity index (χ0) is 21.7. The van der Waals surface area contributed by atoms with Gasteiger partial charge in [0.2, 0.25) is 5.91 Å². The molecule has 1 N–H and O–H groups in total. The number of nitrogens with zero attached hydrogens (tertiary/aromatic N) is 1. The number of hydrogen-bond donors (Lipinski definition) is 1. The number of hydrogen-bond acceptors (Lipinski definition) is 4. The molecule has 160 valence electrons. The molecule has 0 aliphatic carbocycles. The summed E-state index contributed by atoms with van der Waals surface area (Å²) >= 11 is 3.40. The lowest BCUT2D eigenvalue weighted by Gasteiger charge is -2.37. The monoisotopic (exact) mass is 473 g/mol. The molecule has 2 amide bonds. The summed E-state index contributed by atoms with van der Waals surface area (Å²) in [5.41, 5.74) is 0.543. The van der Waals surface area contributed by atoms with Crippen LogP contribution in [0.5, 0.6) is 0 Å². The lowest BCUT2D eigenvalue weighted by molar-refractivity contribution is -0.147. The Kier molecular flexibility index (Phi) is 7.32. The zero-order valence-corrected chi connectivity index (χ0v) is 19.0. The number of imide groups is 1. The highest BCUT2D eigenvalue weighted by atomic mass is 79.9. The Hall–Kier alpha value is -2.18. The van der Waals surface area contributed by atoms with Crippen LogP contribution in [-0.4, -0.2) is 34.7 Å². The first-order valence-electron chi connectivity index (χ1n) is 10.3. The van der Waals surface area contributed by atoms with Crippen molar-refractivity contribution in [2.45, 2.75) is 51.7 Å². The molecule has 0 radical (unpaired) electrons. The van der Waals surface area contributed by atoms with Crippen molar-refractivity contribution < 1.29 is 19.4 Å². The largest absolute Gasteiger partial charge is 0.447 e. The molecule has 1 fully saturated rings. The van der Waals surface area contributed by atoms with Crippen molar-refractivity contribution >= 4 is 27.9 Å². The smallest absolute Gasteiger partial charge is 0.417 e. The van der Waals surface area contributed by atoms with E-state index in [1.165, 1.54) is 4.90 Å². The second kappa shape index (κ2) is 9.75. The molecule has 0 unspecified atom stereocenters. The lowest BCUT2D eigenvalue weighted by atomic mass is 9.75. The van der Waals surface area contributed by atoms with E-state index in [2.05, 4.69) is 15.9 Å². The van der Waals surface area contributed by atoms with E-state index >= 15 is 0 Å². The van der Waals surface area contributed by atoms with Crippen LogP contribution < -0.4 is 0 Å². The Morgan fingerprint density at radius 1 is 1.23 bits per heavy atom. The van der Waals surface area contributed by atoms with Crippen molar-refractivity contribution in [2.24, 2.45) is 5.41 Å². The molecule has 30 heavy (non-hydrogen) atoms. The van der Waals surface area contributed by atoms with Crippen molar-refractivity contribution in [1.82, 2.24) is 4.90 Å². The van der Waals surface area contributed by atoms with Crippen LogP contribution >= 0.6 is 15.9 Å². The van der Waals surface area contributed by atoms with E-state index in [9.17, 15) is 14.7 Å². The molecular weight excluding hydrogens is 446 g/mol. The number of unbranched alkanes of at least 4 members (excludes halogenated alkanes) is 1. The van der Waals surface area contributed by atoms with E-state index in [4.69, 9.17) is 4.74 Å². The standard InChI is InChI=1S/C24H28BrNO4/c1-3-4-14-24(2,21(27)18-10-12-19(25)13-11-18)22(28)26-20(16-30-23(26)29)15-17-8-6-5-7-9-17/h5-13,20-21,27H,3-4,14-16H2,1-2H3/t20-,21-,24-/m0/s1. The summed E-state index contributed by atoms with van der Waals surface area (Å²) in [6.45, 7) is 3.96. The molecule has 3 rings (SSSR count). The van der Waals surface area contributed by atoms with Crippen molar-refractivity contribution in [3.05, 3.63) is 70.2 Å². The number of halogens is 1. The summed E-state index contributed by atoms with van der Waals surface area (Å²) in [7, 11) is 0. The first-order chi connectivity index (χ1) is 14.4. The van der Waals surface area contributed by atoms with Gasteiger partial charge in [-0.1, -0.05) is 78.2 Å². The number of benzene rings is 2. The molecule has 1 heterocycles. The van der Waals surface area contributed by atoms with E-state index < -0.39 is 17.6 Å². The first-order valence-corrected chi connectivity index (χ1v) is 11.1. The van der Waals surface area contributed by atoms with Crippen molar-refractivity contribution in [3.63, 3.8) is 0 Å². The molecule has 0 aromatic heterocycles. The molecule has 1 aliphatic heterocycles. The van der Waals surface area contributed by atoms with Gasteiger partial charge < -0.3 is 9.84 Å². The number of aliphatic hydroxyl groups excluding tert-OH is 1. The van der Waals surface area contributed by atoms with Gasteiger partial charge >= 0.3 is 6.09 Å². The summed E-state index contributed by atoms with van der Waals surface area (Å²) in [5.74, 6) is -0.380. The van der Waals surface area contributed by atoms with Crippen LogP contribution in [0.15, 0.2) is 59.1 Å². The summed E-state index contributed by atoms with van der Waals surface area (Å²) in [4.78, 5) is 27.5. The van der Waals surface area contributed by atoms with Gasteiger partial charge in [0.25, 0.3) is 0 Å². The lowest BCUT2D eigenvalue weighted by Crippen LogP contribution is -2.50. The highest BCUT2D eigenvalue weighted by Gasteiger charge is 2.49. The van der Waals surface area contributed by atoms with Gasteiger partial charge in [0.1, 0.15) is 6.61 Å². The van der Waals surface area contributed by atoms with E-state index in [1.54, 1.807) is 19.1 Å². The Morgan fingerprint density at radius 2 is 1.90 bits per heavy atom. The number of amides is 2. The van der Waals surface area contributed by atoms with Crippen LogP contribution in [0.1, 0.15) is 50.3 Å². The summed E-state index contributed by atoms with van der Waals surface area (Å²) in [6.07, 6.45) is 0.982. The van der Waals surface area contributed by atoms with Crippen molar-refractivity contribution in [3.8, 4) is 0 Å². The van der Waals surface area contributed by atoms with Gasteiger partial charge in [-0.05, 0) is 43.0 Å². The van der Waals surface area contributed by atoms with Gasteiger partial charge in [-0.15, -0.1) is 0 Å². The molecular formula is C24H28BrNO4. The predicted molar refractivity (Wildman–Crippen MR) is 119 cm³/mol. The normalized spacial score (nSPS) is 19.3. The van der Waals surface area contributed by atoms with Crippen LogP contribution in [0.2, 0.25) is 0 Å². The maximum atomic E-state index is 13.7. The molecule has 3 atom stereocenters. The third kappa shape index (κ3) is 4.76. The third-order valence-corrected chi connectivity index (χ3v) is 6.35. The average Bonchev–Trinajstić information content (AvgIpc) is 3.12. The number of cyclic esters (lactones) is 1. The second-order valence-electron chi connectivity index (χ2n) is 8.07. The first kappa shape index (κ1) is 22.5. The number of aliphatic hydroxyl groups is 1. The molecule has 1 saturated heterocycles. The molecule has 0 spiro atoms. The van der Waals surface area contributed by atoms with E-state index in [1.807, 2.05) is 49.4 Å². The molecule has 0 saturated carbocycles. The molecule has 0 bridgehead atoms. The maximum absolute atomic E-state index is 13.7. The zero-order valence-electron chi connectivity index (χ0n) is 17.4. The van der Waals surface area contributed by atoms with Gasteiger partial charge in [0.05, 0.1) is 17.6 Å². The minimum Gasteiger partial charge on any atom is -0.447 e. The predicted octanol–water partition coefficient (Wildman–Crippen LogP) is 5.27. The van der Waals surface area contributed by atoms with Crippen LogP contribution in [0.3, 0.4) is 0 Å². The van der Waals surface area contributed by atoms with Crippen LogP contribution in [0.4, 0.5) is 4.79 Å². The van der Waals surface area contributed by atoms with Crippen LogP contribution in [0.25, 0.3) is 0 Å². The van der Waals surface area contributed by atoms with E-state index in [0.29, 0.717) is 18.4 Å². The Balaban J connectivity index is 1.90. The molecule has 2 aromatic carbocycles. The van der Waals surface area contributed by atoms with E-state index in [0.717, 1.165) is 22.9 Å². The highest BCUT2D eigenvalue weighted by Crippen LogP contribution is 2.41. The quantitative estimate of drug-likeness (QED) is 0.566. The Labute approximate surface area is 186 Å². The molecule has 2 aromatic rings. The summed E-state index contributed by atoms with van der Waals surface area (Å²) in [6, 6.07) is 16.6. The summed E-state index contributed by atoms with van der Waals surface area (Å²) in [5, 5.41) is 11.2. The van der Waals surface area contributed by atoms with Gasteiger partial charge in [-0.3, -0.25) is 4.79 Å². The minimum absolute atomic E-state index is 0.164. The number of carbonyl (C=O) groups excluding carboxylic acids is 2. The number of rotatable bonds is 8. The van der Waals surface area contributed by atoms with Gasteiger partial charge in [0.15, 0.2) is 0 Å².